The van der Waals surface area contributed by atoms with Crippen molar-refractivity contribution in [2.45, 2.75) is 19.3 Å². The topological polar surface area (TPSA) is 97.1 Å². The number of anilines is 3. The van der Waals surface area contributed by atoms with Crippen LogP contribution in [-0.2, 0) is 0 Å². The summed E-state index contributed by atoms with van der Waals surface area (Å²) in [7, 11) is 0. The van der Waals surface area contributed by atoms with Gasteiger partial charge in [0.2, 0.25) is 11.9 Å². The third-order valence-electron chi connectivity index (χ3n) is 4.63. The zero-order chi connectivity index (χ0) is 19.3. The van der Waals surface area contributed by atoms with Gasteiger partial charge in [-0.2, -0.15) is 15.0 Å². The second-order valence-electron chi connectivity index (χ2n) is 6.63. The van der Waals surface area contributed by atoms with Crippen molar-refractivity contribution < 1.29 is 4.92 Å². The summed E-state index contributed by atoms with van der Waals surface area (Å²) in [6.45, 7) is 1.85. The summed E-state index contributed by atoms with van der Waals surface area (Å²) in [5, 5.41) is 14.0. The maximum atomic E-state index is 10.8. The highest BCUT2D eigenvalue weighted by molar-refractivity contribution is 5.62. The Labute approximate surface area is 162 Å². The van der Waals surface area contributed by atoms with E-state index in [4.69, 9.17) is 0 Å². The molecule has 28 heavy (non-hydrogen) atoms. The summed E-state index contributed by atoms with van der Waals surface area (Å²) in [5.41, 5.74) is 1.63. The van der Waals surface area contributed by atoms with Gasteiger partial charge in [-0.1, -0.05) is 30.3 Å². The SMILES string of the molecule is O=[N+]([O-])c1ccc(Nc2nc(-c3ccccc3)nc(N3CCCCC3)n2)cc1. The van der Waals surface area contributed by atoms with Crippen molar-refractivity contribution in [2.24, 2.45) is 0 Å². The van der Waals surface area contributed by atoms with Crippen LogP contribution in [0, 0.1) is 10.1 Å². The number of nitrogens with one attached hydrogen (secondary N) is 1. The molecule has 1 aliphatic rings. The monoisotopic (exact) mass is 376 g/mol. The lowest BCUT2D eigenvalue weighted by Gasteiger charge is -2.27. The Bertz CT molecular complexity index is 956. The number of non-ortho nitro benzene ring substituents is 1. The van der Waals surface area contributed by atoms with Crippen LogP contribution in [0.4, 0.5) is 23.3 Å². The molecule has 0 aliphatic carbocycles. The Kier molecular flexibility index (Phi) is 5.09. The molecule has 1 fully saturated rings. The number of hydrogen-bond donors (Lipinski definition) is 1. The molecule has 1 N–H and O–H groups in total. The minimum atomic E-state index is -0.422. The molecule has 0 spiro atoms. The standard InChI is InChI=1S/C20H20N6O2/c27-26(28)17-11-9-16(10-12-17)21-19-22-18(15-7-3-1-4-8-15)23-20(24-19)25-13-5-2-6-14-25/h1,3-4,7-12H,2,5-6,13-14H2,(H,21,22,23,24). The van der Waals surface area contributed by atoms with E-state index in [1.165, 1.54) is 18.6 Å². The lowest BCUT2D eigenvalue weighted by Crippen LogP contribution is -2.31. The van der Waals surface area contributed by atoms with E-state index in [0.29, 0.717) is 23.4 Å². The maximum absolute atomic E-state index is 10.8. The number of aromatic nitrogens is 3. The number of rotatable bonds is 5. The first-order chi connectivity index (χ1) is 13.7. The zero-order valence-electron chi connectivity index (χ0n) is 15.3. The van der Waals surface area contributed by atoms with E-state index in [9.17, 15) is 10.1 Å². The van der Waals surface area contributed by atoms with Crippen LogP contribution in [-0.4, -0.2) is 33.0 Å². The molecule has 1 aromatic heterocycles. The van der Waals surface area contributed by atoms with Crippen molar-refractivity contribution in [1.82, 2.24) is 15.0 Å². The van der Waals surface area contributed by atoms with Gasteiger partial charge in [0.05, 0.1) is 4.92 Å². The largest absolute Gasteiger partial charge is 0.341 e. The normalized spacial score (nSPS) is 13.9. The molecule has 1 saturated heterocycles. The van der Waals surface area contributed by atoms with Crippen LogP contribution in [0.2, 0.25) is 0 Å². The second kappa shape index (κ2) is 7.99. The summed E-state index contributed by atoms with van der Waals surface area (Å²) in [6.07, 6.45) is 3.47. The Morgan fingerprint density at radius 2 is 1.61 bits per heavy atom. The summed E-state index contributed by atoms with van der Waals surface area (Å²) in [5.74, 6) is 1.67. The van der Waals surface area contributed by atoms with E-state index in [1.807, 2.05) is 30.3 Å². The molecule has 0 atom stereocenters. The maximum Gasteiger partial charge on any atom is 0.269 e. The van der Waals surface area contributed by atoms with Gasteiger partial charge >= 0.3 is 0 Å². The van der Waals surface area contributed by atoms with Crippen molar-refractivity contribution >= 4 is 23.3 Å². The van der Waals surface area contributed by atoms with E-state index < -0.39 is 4.92 Å². The average Bonchev–Trinajstić information content (AvgIpc) is 2.75. The van der Waals surface area contributed by atoms with Gasteiger partial charge in [0.25, 0.3) is 5.69 Å². The number of benzene rings is 2. The van der Waals surface area contributed by atoms with E-state index >= 15 is 0 Å². The van der Waals surface area contributed by atoms with Crippen LogP contribution in [0.3, 0.4) is 0 Å². The fourth-order valence-corrected chi connectivity index (χ4v) is 3.17. The summed E-state index contributed by atoms with van der Waals surface area (Å²) >= 11 is 0. The molecule has 8 nitrogen and oxygen atoms in total. The van der Waals surface area contributed by atoms with Crippen LogP contribution < -0.4 is 10.2 Å². The third kappa shape index (κ3) is 4.06. The molecule has 1 aliphatic heterocycles. The minimum absolute atomic E-state index is 0.0418. The number of piperidine rings is 1. The zero-order valence-corrected chi connectivity index (χ0v) is 15.3. The average molecular weight is 376 g/mol. The van der Waals surface area contributed by atoms with Gasteiger partial charge in [-0.15, -0.1) is 0 Å². The number of nitro groups is 1. The summed E-state index contributed by atoms with van der Waals surface area (Å²) in [6, 6.07) is 16.0. The number of nitrogens with zero attached hydrogens (tertiary/aromatic N) is 5. The summed E-state index contributed by atoms with van der Waals surface area (Å²) in [4.78, 5) is 26.4. The molecule has 0 unspecified atom stereocenters. The van der Waals surface area contributed by atoms with E-state index in [1.54, 1.807) is 12.1 Å². The molecule has 3 aromatic rings. The van der Waals surface area contributed by atoms with Crippen molar-refractivity contribution in [2.75, 3.05) is 23.3 Å². The Morgan fingerprint density at radius 1 is 0.893 bits per heavy atom. The van der Waals surface area contributed by atoms with Gasteiger partial charge in [0.1, 0.15) is 0 Å². The Balaban J connectivity index is 1.67. The second-order valence-corrected chi connectivity index (χ2v) is 6.63. The molecule has 2 heterocycles. The minimum Gasteiger partial charge on any atom is -0.341 e. The molecule has 0 saturated carbocycles. The van der Waals surface area contributed by atoms with Gasteiger partial charge in [-0.05, 0) is 31.4 Å². The molecular formula is C20H20N6O2. The van der Waals surface area contributed by atoms with Crippen LogP contribution in [0.5, 0.6) is 0 Å². The van der Waals surface area contributed by atoms with E-state index in [-0.39, 0.29) is 5.69 Å². The fraction of sp³-hybridized carbons (Fsp3) is 0.250. The lowest BCUT2D eigenvalue weighted by atomic mass is 10.1. The molecule has 0 radical (unpaired) electrons. The first-order valence-electron chi connectivity index (χ1n) is 9.27. The van der Waals surface area contributed by atoms with Crippen molar-refractivity contribution in [1.29, 1.82) is 0 Å². The van der Waals surface area contributed by atoms with Crippen molar-refractivity contribution in [3.8, 4) is 11.4 Å². The van der Waals surface area contributed by atoms with Crippen molar-refractivity contribution in [3.63, 3.8) is 0 Å². The highest BCUT2D eigenvalue weighted by Gasteiger charge is 2.17. The van der Waals surface area contributed by atoms with E-state index in [0.717, 1.165) is 31.5 Å². The lowest BCUT2D eigenvalue weighted by molar-refractivity contribution is -0.384. The van der Waals surface area contributed by atoms with Crippen LogP contribution in [0.1, 0.15) is 19.3 Å². The smallest absolute Gasteiger partial charge is 0.269 e. The van der Waals surface area contributed by atoms with Crippen LogP contribution in [0.25, 0.3) is 11.4 Å². The first-order valence-corrected chi connectivity index (χ1v) is 9.27. The third-order valence-corrected chi connectivity index (χ3v) is 4.63. The quantitative estimate of drug-likeness (QED) is 0.527. The molecule has 0 bridgehead atoms. The highest BCUT2D eigenvalue weighted by Crippen LogP contribution is 2.24. The first kappa shape index (κ1) is 17.8. The van der Waals surface area contributed by atoms with Crippen LogP contribution in [0.15, 0.2) is 54.6 Å². The molecule has 8 heteroatoms. The number of nitro benzene ring substituents is 1. The van der Waals surface area contributed by atoms with Gasteiger partial charge in [-0.25, -0.2) is 0 Å². The Hall–Kier alpha value is -3.55. The number of hydrogen-bond acceptors (Lipinski definition) is 7. The van der Waals surface area contributed by atoms with Gasteiger partial charge in [-0.3, -0.25) is 10.1 Å². The molecule has 2 aromatic carbocycles. The Morgan fingerprint density at radius 3 is 2.29 bits per heavy atom. The van der Waals surface area contributed by atoms with Gasteiger partial charge in [0.15, 0.2) is 5.82 Å². The molecular weight excluding hydrogens is 356 g/mol. The molecule has 0 amide bonds. The predicted molar refractivity (Wildman–Crippen MR) is 108 cm³/mol. The molecule has 142 valence electrons. The van der Waals surface area contributed by atoms with Gasteiger partial charge in [0, 0.05) is 36.5 Å². The van der Waals surface area contributed by atoms with Crippen molar-refractivity contribution in [3.05, 3.63) is 64.7 Å². The van der Waals surface area contributed by atoms with E-state index in [2.05, 4.69) is 25.2 Å². The van der Waals surface area contributed by atoms with Crippen LogP contribution >= 0.6 is 0 Å². The highest BCUT2D eigenvalue weighted by atomic mass is 16.6. The van der Waals surface area contributed by atoms with Gasteiger partial charge < -0.3 is 10.2 Å². The predicted octanol–water partition coefficient (Wildman–Crippen LogP) is 4.18. The molecule has 4 rings (SSSR count). The fourth-order valence-electron chi connectivity index (χ4n) is 3.17. The summed E-state index contributed by atoms with van der Waals surface area (Å²) < 4.78 is 0.